The Bertz CT molecular complexity index is 907. The molecule has 0 bridgehead atoms. The zero-order valence-electron chi connectivity index (χ0n) is 14.5. The number of hydrogen-bond donors (Lipinski definition) is 1. The quantitative estimate of drug-likeness (QED) is 0.626. The van der Waals surface area contributed by atoms with Gasteiger partial charge in [-0.1, -0.05) is 42.5 Å². The van der Waals surface area contributed by atoms with E-state index in [0.717, 1.165) is 16.7 Å². The fourth-order valence-corrected chi connectivity index (χ4v) is 3.37. The van der Waals surface area contributed by atoms with Crippen LogP contribution in [-0.4, -0.2) is 25.0 Å². The summed E-state index contributed by atoms with van der Waals surface area (Å²) < 4.78 is 18.0. The van der Waals surface area contributed by atoms with E-state index in [9.17, 15) is 14.0 Å². The van der Waals surface area contributed by atoms with Crippen LogP contribution in [0.25, 0.3) is 11.1 Å². The van der Waals surface area contributed by atoms with Crippen LogP contribution in [0.4, 0.5) is 4.39 Å². The van der Waals surface area contributed by atoms with E-state index in [1.807, 2.05) is 41.8 Å². The highest BCUT2D eigenvalue weighted by atomic mass is 32.1. The van der Waals surface area contributed by atoms with Gasteiger partial charge in [-0.2, -0.15) is 0 Å². The van der Waals surface area contributed by atoms with Gasteiger partial charge in [0.2, 0.25) is 0 Å². The first-order chi connectivity index (χ1) is 13.1. The normalized spacial score (nSPS) is 10.4. The standard InChI is InChI=1S/C21H18FNO3S/c22-17-8-6-15(7-9-17)10-12-23-19(24)14-26-21(25)20-18(11-13-27-20)16-4-2-1-3-5-16/h1-9,11,13H,10,12,14H2,(H,23,24). The summed E-state index contributed by atoms with van der Waals surface area (Å²) >= 11 is 1.28. The number of rotatable bonds is 7. The van der Waals surface area contributed by atoms with Crippen molar-refractivity contribution < 1.29 is 18.7 Å². The Balaban J connectivity index is 1.47. The molecule has 0 aliphatic carbocycles. The van der Waals surface area contributed by atoms with Crippen LogP contribution in [0.5, 0.6) is 0 Å². The predicted molar refractivity (Wildman–Crippen MR) is 103 cm³/mol. The molecule has 0 radical (unpaired) electrons. The molecule has 1 amide bonds. The van der Waals surface area contributed by atoms with Gasteiger partial charge in [0.05, 0.1) is 0 Å². The predicted octanol–water partition coefficient (Wildman–Crippen LogP) is 4.07. The number of nitrogens with one attached hydrogen (secondary N) is 1. The molecule has 1 heterocycles. The monoisotopic (exact) mass is 383 g/mol. The maximum absolute atomic E-state index is 12.8. The smallest absolute Gasteiger partial charge is 0.349 e. The molecule has 0 saturated carbocycles. The Hall–Kier alpha value is -2.99. The van der Waals surface area contributed by atoms with Gasteiger partial charge in [-0.15, -0.1) is 11.3 Å². The molecule has 0 saturated heterocycles. The Morgan fingerprint density at radius 2 is 1.74 bits per heavy atom. The maximum Gasteiger partial charge on any atom is 0.349 e. The van der Waals surface area contributed by atoms with Crippen LogP contribution >= 0.6 is 11.3 Å². The lowest BCUT2D eigenvalue weighted by Gasteiger charge is -2.07. The molecule has 0 aliphatic rings. The average molecular weight is 383 g/mol. The van der Waals surface area contributed by atoms with Gasteiger partial charge in [0.25, 0.3) is 5.91 Å². The van der Waals surface area contributed by atoms with Crippen molar-refractivity contribution in [2.75, 3.05) is 13.2 Å². The Labute approximate surface area is 160 Å². The molecule has 27 heavy (non-hydrogen) atoms. The van der Waals surface area contributed by atoms with Crippen LogP contribution < -0.4 is 5.32 Å². The van der Waals surface area contributed by atoms with Crippen molar-refractivity contribution in [2.24, 2.45) is 0 Å². The van der Waals surface area contributed by atoms with E-state index in [4.69, 9.17) is 4.74 Å². The van der Waals surface area contributed by atoms with E-state index in [0.29, 0.717) is 17.8 Å². The van der Waals surface area contributed by atoms with Crippen molar-refractivity contribution in [1.29, 1.82) is 0 Å². The van der Waals surface area contributed by atoms with Crippen molar-refractivity contribution in [1.82, 2.24) is 5.32 Å². The number of esters is 1. The number of carbonyl (C=O) groups excluding carboxylic acids is 2. The summed E-state index contributed by atoms with van der Waals surface area (Å²) in [5.74, 6) is -1.18. The van der Waals surface area contributed by atoms with Crippen molar-refractivity contribution in [3.63, 3.8) is 0 Å². The largest absolute Gasteiger partial charge is 0.451 e. The number of halogens is 1. The molecule has 1 aromatic heterocycles. The van der Waals surface area contributed by atoms with Gasteiger partial charge in [-0.25, -0.2) is 9.18 Å². The zero-order chi connectivity index (χ0) is 19.1. The zero-order valence-corrected chi connectivity index (χ0v) is 15.3. The Kier molecular flexibility index (Phi) is 6.33. The van der Waals surface area contributed by atoms with E-state index >= 15 is 0 Å². The second-order valence-electron chi connectivity index (χ2n) is 5.83. The average Bonchev–Trinajstić information content (AvgIpc) is 3.18. The second kappa shape index (κ2) is 9.09. The molecule has 0 unspecified atom stereocenters. The molecular weight excluding hydrogens is 365 g/mol. The molecule has 6 heteroatoms. The minimum absolute atomic E-state index is 0.293. The van der Waals surface area contributed by atoms with Crippen LogP contribution in [0.3, 0.4) is 0 Å². The SMILES string of the molecule is O=C(COC(=O)c1sccc1-c1ccccc1)NCCc1ccc(F)cc1. The molecule has 138 valence electrons. The van der Waals surface area contributed by atoms with Gasteiger partial charge in [-0.05, 0) is 41.1 Å². The summed E-state index contributed by atoms with van der Waals surface area (Å²) in [6.45, 7) is 0.0463. The fourth-order valence-electron chi connectivity index (χ4n) is 2.56. The first-order valence-corrected chi connectivity index (χ1v) is 9.32. The van der Waals surface area contributed by atoms with Crippen LogP contribution in [0.1, 0.15) is 15.2 Å². The summed E-state index contributed by atoms with van der Waals surface area (Å²) in [6.07, 6.45) is 0.572. The molecule has 0 spiro atoms. The third-order valence-corrected chi connectivity index (χ3v) is 4.81. The summed E-state index contributed by atoms with van der Waals surface area (Å²) in [6, 6.07) is 17.5. The molecule has 3 aromatic rings. The van der Waals surface area contributed by atoms with Crippen molar-refractivity contribution >= 4 is 23.2 Å². The number of thiophene rings is 1. The summed E-state index contributed by atoms with van der Waals surface area (Å²) in [4.78, 5) is 24.6. The van der Waals surface area contributed by atoms with E-state index in [2.05, 4.69) is 5.32 Å². The lowest BCUT2D eigenvalue weighted by molar-refractivity contribution is -0.124. The highest BCUT2D eigenvalue weighted by Crippen LogP contribution is 2.28. The van der Waals surface area contributed by atoms with Crippen molar-refractivity contribution in [3.05, 3.63) is 82.3 Å². The van der Waals surface area contributed by atoms with Gasteiger partial charge in [0.15, 0.2) is 6.61 Å². The number of hydrogen-bond acceptors (Lipinski definition) is 4. The minimum Gasteiger partial charge on any atom is -0.451 e. The lowest BCUT2D eigenvalue weighted by atomic mass is 10.1. The van der Waals surface area contributed by atoms with Crippen LogP contribution in [0.2, 0.25) is 0 Å². The van der Waals surface area contributed by atoms with E-state index in [1.54, 1.807) is 12.1 Å². The van der Waals surface area contributed by atoms with Crippen LogP contribution in [-0.2, 0) is 16.0 Å². The van der Waals surface area contributed by atoms with Gasteiger partial charge in [0, 0.05) is 12.1 Å². The Morgan fingerprint density at radius 3 is 2.48 bits per heavy atom. The second-order valence-corrected chi connectivity index (χ2v) is 6.75. The fraction of sp³-hybridized carbons (Fsp3) is 0.143. The number of amides is 1. The molecule has 0 atom stereocenters. The van der Waals surface area contributed by atoms with Crippen molar-refractivity contribution in [3.8, 4) is 11.1 Å². The highest BCUT2D eigenvalue weighted by Gasteiger charge is 2.17. The lowest BCUT2D eigenvalue weighted by Crippen LogP contribution is -2.30. The van der Waals surface area contributed by atoms with E-state index in [1.165, 1.54) is 23.5 Å². The Morgan fingerprint density at radius 1 is 1.00 bits per heavy atom. The van der Waals surface area contributed by atoms with Crippen LogP contribution in [0.15, 0.2) is 66.0 Å². The molecule has 3 rings (SSSR count). The van der Waals surface area contributed by atoms with E-state index in [-0.39, 0.29) is 18.3 Å². The maximum atomic E-state index is 12.8. The first-order valence-electron chi connectivity index (χ1n) is 8.44. The highest BCUT2D eigenvalue weighted by molar-refractivity contribution is 7.12. The number of carbonyl (C=O) groups is 2. The van der Waals surface area contributed by atoms with Gasteiger partial charge in [-0.3, -0.25) is 4.79 Å². The van der Waals surface area contributed by atoms with Gasteiger partial charge < -0.3 is 10.1 Å². The molecule has 0 fully saturated rings. The molecule has 4 nitrogen and oxygen atoms in total. The van der Waals surface area contributed by atoms with Gasteiger partial charge in [0.1, 0.15) is 10.7 Å². The molecule has 0 aliphatic heterocycles. The molecule has 2 aromatic carbocycles. The summed E-state index contributed by atoms with van der Waals surface area (Å²) in [7, 11) is 0. The summed E-state index contributed by atoms with van der Waals surface area (Å²) in [5, 5.41) is 4.51. The molecule has 1 N–H and O–H groups in total. The first kappa shape index (κ1) is 18.8. The van der Waals surface area contributed by atoms with E-state index < -0.39 is 5.97 Å². The van der Waals surface area contributed by atoms with Crippen LogP contribution in [0, 0.1) is 5.82 Å². The third-order valence-electron chi connectivity index (χ3n) is 3.92. The third kappa shape index (κ3) is 5.24. The van der Waals surface area contributed by atoms with Crippen molar-refractivity contribution in [2.45, 2.75) is 6.42 Å². The topological polar surface area (TPSA) is 55.4 Å². The van der Waals surface area contributed by atoms with Gasteiger partial charge >= 0.3 is 5.97 Å². The molecular formula is C21H18FNO3S. The number of benzene rings is 2. The minimum atomic E-state index is -0.516. The number of ether oxygens (including phenoxy) is 1. The summed E-state index contributed by atoms with van der Waals surface area (Å²) in [5.41, 5.74) is 2.64.